The van der Waals surface area contributed by atoms with Crippen molar-refractivity contribution < 1.29 is 127 Å². The van der Waals surface area contributed by atoms with Gasteiger partial charge in [0.25, 0.3) is 0 Å². The zero-order valence-corrected chi connectivity index (χ0v) is 21.9. The van der Waals surface area contributed by atoms with Gasteiger partial charge in [0.1, 0.15) is 0 Å². The number of likely N-dealkylation sites (N-methyl/N-ethyl adjacent to an activating group) is 1. The van der Waals surface area contributed by atoms with Crippen LogP contribution < -0.4 is 5.32 Å². The quantitative estimate of drug-likeness (QED) is 0.208. The van der Waals surface area contributed by atoms with Crippen LogP contribution in [0.4, 0.5) is 0 Å². The summed E-state index contributed by atoms with van der Waals surface area (Å²) in [5, 5.41) is 3.03. The van der Waals surface area contributed by atoms with Crippen LogP contribution in [0.15, 0.2) is 0 Å². The van der Waals surface area contributed by atoms with Crippen molar-refractivity contribution in [3.05, 3.63) is 0 Å². The Hall–Kier alpha value is 2.16. The summed E-state index contributed by atoms with van der Waals surface area (Å²) in [5.41, 5.74) is -0.664. The van der Waals surface area contributed by atoms with E-state index in [1.54, 1.807) is 25.9 Å². The van der Waals surface area contributed by atoms with E-state index in [0.29, 0.717) is 0 Å². The molecule has 0 unspecified atom stereocenters. The third kappa shape index (κ3) is 18.7. The van der Waals surface area contributed by atoms with Crippen LogP contribution in [0.3, 0.4) is 0 Å². The number of ether oxygens (including phenoxy) is 3. The van der Waals surface area contributed by atoms with Crippen molar-refractivity contribution in [1.29, 1.82) is 0 Å². The second-order valence-corrected chi connectivity index (χ2v) is 4.06. The average molecular weight is 553 g/mol. The van der Waals surface area contributed by atoms with Crippen LogP contribution in [-0.4, -0.2) is 71.1 Å². The maximum absolute atomic E-state index is 10.2. The topological polar surface area (TPSA) is 90.9 Å². The zero-order valence-electron chi connectivity index (χ0n) is 13.3. The first-order chi connectivity index (χ1) is 9.74. The molecule has 23 heavy (non-hydrogen) atoms. The van der Waals surface area contributed by atoms with E-state index >= 15 is 0 Å². The normalized spacial score (nSPS) is 9.78. The van der Waals surface area contributed by atoms with Crippen molar-refractivity contribution in [2.75, 3.05) is 46.7 Å². The van der Waals surface area contributed by atoms with Crippen molar-refractivity contribution in [1.82, 2.24) is 5.32 Å². The molecule has 125 valence electrons. The Morgan fingerprint density at radius 2 is 1.22 bits per heavy atom. The molecular weight excluding hydrogens is 533 g/mol. The van der Waals surface area contributed by atoms with Gasteiger partial charge in [0, 0.05) is 111 Å². The molecule has 0 aromatic heterocycles. The van der Waals surface area contributed by atoms with Gasteiger partial charge in [-0.2, -0.15) is 0 Å². The molecule has 0 saturated carbocycles. The van der Waals surface area contributed by atoms with Crippen molar-refractivity contribution in [2.24, 2.45) is 0 Å². The van der Waals surface area contributed by atoms with Gasteiger partial charge in [0.2, 0.25) is 0 Å². The maximum atomic E-state index is 10.2. The third-order valence-electron chi connectivity index (χ3n) is 2.52. The molecule has 1 N–H and O–H groups in total. The minimum absolute atomic E-state index is 0. The molecule has 0 heterocycles. The van der Waals surface area contributed by atoms with E-state index in [9.17, 15) is 14.4 Å². The molecule has 0 bridgehead atoms. The predicted octanol–water partition coefficient (Wildman–Crippen LogP) is -0.904. The summed E-state index contributed by atoms with van der Waals surface area (Å²) < 4.78 is 15.9. The zero-order chi connectivity index (χ0) is 15.1. The van der Waals surface area contributed by atoms with Gasteiger partial charge >= 0.3 is 0 Å². The Balaban J connectivity index is -0.000000602. The number of nitrogens with one attached hydrogen (secondary N) is 1. The summed E-state index contributed by atoms with van der Waals surface area (Å²) in [5.74, 6) is 0. The van der Waals surface area contributed by atoms with E-state index in [1.165, 1.54) is 0 Å². The summed E-state index contributed by atoms with van der Waals surface area (Å²) in [4.78, 5) is 30.4. The minimum atomic E-state index is -0.664. The van der Waals surface area contributed by atoms with E-state index in [2.05, 4.69) is 5.32 Å². The SMILES string of the molecule is CNC(COC[C-]=O)(COCC[C-]=O)COCC[C-]=O.[Y].[Y].[Y]. The van der Waals surface area contributed by atoms with E-state index in [1.807, 2.05) is 0 Å². The molecule has 0 rings (SSSR count). The van der Waals surface area contributed by atoms with Gasteiger partial charge in [-0.15, -0.1) is 12.8 Å². The molecule has 7 nitrogen and oxygen atoms in total. The molecule has 0 spiro atoms. The van der Waals surface area contributed by atoms with Crippen LogP contribution >= 0.6 is 0 Å². The van der Waals surface area contributed by atoms with Gasteiger partial charge in [-0.05, 0) is 13.7 Å². The van der Waals surface area contributed by atoms with E-state index < -0.39 is 5.54 Å². The summed E-state index contributed by atoms with van der Waals surface area (Å²) in [6, 6.07) is 0. The Morgan fingerprint density at radius 3 is 1.57 bits per heavy atom. The average Bonchev–Trinajstić information content (AvgIpc) is 2.47. The van der Waals surface area contributed by atoms with Crippen LogP contribution in [0.1, 0.15) is 12.8 Å². The summed E-state index contributed by atoms with van der Waals surface area (Å²) in [6.07, 6.45) is 5.47. The molecule has 0 aromatic carbocycles. The van der Waals surface area contributed by atoms with Crippen molar-refractivity contribution in [3.63, 3.8) is 0 Å². The summed E-state index contributed by atoms with van der Waals surface area (Å²) in [6.45, 7) is 0.982. The largest absolute Gasteiger partial charge is 0.542 e. The van der Waals surface area contributed by atoms with Gasteiger partial charge in [-0.1, -0.05) is 0 Å². The number of rotatable bonds is 15. The van der Waals surface area contributed by atoms with Gasteiger partial charge < -0.3 is 33.9 Å². The Kier molecular flexibility index (Phi) is 34.5. The van der Waals surface area contributed by atoms with E-state index in [-0.39, 0.29) is 151 Å². The Morgan fingerprint density at radius 1 is 0.783 bits per heavy atom. The molecule has 0 amide bonds. The monoisotopic (exact) mass is 553 g/mol. The number of carbonyl (C=O) groups excluding carboxylic acids is 3. The number of hydrogen-bond acceptors (Lipinski definition) is 7. The van der Waals surface area contributed by atoms with Gasteiger partial charge in [0.15, 0.2) is 0 Å². The molecule has 0 atom stereocenters. The number of hydrogen-bond donors (Lipinski definition) is 1. The van der Waals surface area contributed by atoms with Crippen molar-refractivity contribution >= 4 is 18.9 Å². The van der Waals surface area contributed by atoms with Crippen LogP contribution in [0.5, 0.6) is 0 Å². The fourth-order valence-electron chi connectivity index (χ4n) is 1.39. The van der Waals surface area contributed by atoms with Gasteiger partial charge in [0.05, 0.1) is 25.4 Å². The van der Waals surface area contributed by atoms with Crippen LogP contribution in [-0.2, 0) is 127 Å². The van der Waals surface area contributed by atoms with E-state index in [0.717, 1.165) is 0 Å². The molecule has 0 aromatic rings. The fraction of sp³-hybridized carbons (Fsp3) is 0.769. The van der Waals surface area contributed by atoms with E-state index in [4.69, 9.17) is 14.2 Å². The molecular formula is C13H20NO6Y3-3. The van der Waals surface area contributed by atoms with Crippen LogP contribution in [0.2, 0.25) is 0 Å². The molecule has 10 heteroatoms. The van der Waals surface area contributed by atoms with Crippen molar-refractivity contribution in [2.45, 2.75) is 18.4 Å². The molecule has 0 aliphatic rings. The first-order valence-electron chi connectivity index (χ1n) is 6.22. The molecule has 0 saturated heterocycles. The summed E-state index contributed by atoms with van der Waals surface area (Å²) >= 11 is 0. The maximum Gasteiger partial charge on any atom is 0.0886 e. The summed E-state index contributed by atoms with van der Waals surface area (Å²) in [7, 11) is 1.71. The molecule has 0 fully saturated rings. The molecule has 0 aliphatic heterocycles. The van der Waals surface area contributed by atoms with Gasteiger partial charge in [-0.25, -0.2) is 6.29 Å². The second-order valence-electron chi connectivity index (χ2n) is 4.06. The third-order valence-corrected chi connectivity index (χ3v) is 2.52. The van der Waals surface area contributed by atoms with Crippen molar-refractivity contribution in [3.8, 4) is 0 Å². The smallest absolute Gasteiger partial charge is 0.0886 e. The minimum Gasteiger partial charge on any atom is -0.542 e. The second kappa shape index (κ2) is 24.2. The first kappa shape index (κ1) is 32.8. The molecule has 3 radical (unpaired) electrons. The molecule has 0 aliphatic carbocycles. The fourth-order valence-corrected chi connectivity index (χ4v) is 1.39. The first-order valence-corrected chi connectivity index (χ1v) is 6.22. The van der Waals surface area contributed by atoms with Crippen LogP contribution in [0.25, 0.3) is 0 Å². The predicted molar refractivity (Wildman–Crippen MR) is 70.6 cm³/mol. The standard InChI is InChI=1S/C13H20NO6.3Y/c1-14-13(12-20-9-6-17,10-18-7-2-4-15)11-19-8-3-5-16;;;/h14H,2-3,7-12H2,1H3;;;/q-3;;;. The Bertz CT molecular complexity index is 268. The van der Waals surface area contributed by atoms with Crippen LogP contribution in [0, 0.1) is 0 Å². The Labute approximate surface area is 213 Å². The van der Waals surface area contributed by atoms with Gasteiger partial charge in [-0.3, -0.25) is 12.6 Å².